The van der Waals surface area contributed by atoms with Gasteiger partial charge >= 0.3 is 0 Å². The summed E-state index contributed by atoms with van der Waals surface area (Å²) in [6.45, 7) is -0.184. The van der Waals surface area contributed by atoms with Crippen LogP contribution in [0.2, 0.25) is 10.0 Å². The number of nitrogens with zero attached hydrogens (tertiary/aromatic N) is 4. The normalized spacial score (nSPS) is 10.5. The number of benzene rings is 3. The van der Waals surface area contributed by atoms with Crippen LogP contribution in [0.4, 0.5) is 5.69 Å². The van der Waals surface area contributed by atoms with Gasteiger partial charge in [-0.05, 0) is 66.2 Å². The van der Waals surface area contributed by atoms with Crippen LogP contribution in [0.5, 0.6) is 11.5 Å². The summed E-state index contributed by atoms with van der Waals surface area (Å²) in [4.78, 5) is 14.6. The first kappa shape index (κ1) is 25.7. The topological polar surface area (TPSA) is 106 Å². The molecule has 0 spiro atoms. The van der Waals surface area contributed by atoms with Crippen molar-refractivity contribution in [3.63, 3.8) is 0 Å². The lowest BCUT2D eigenvalue weighted by Gasteiger charge is -2.13. The van der Waals surface area contributed by atoms with E-state index >= 15 is 0 Å². The molecule has 3 N–H and O–H groups in total. The molecular formula is C23H19Cl2N7O2S2. The van der Waals surface area contributed by atoms with Crippen LogP contribution in [0.3, 0.4) is 0 Å². The van der Waals surface area contributed by atoms with Gasteiger partial charge in [0.05, 0.1) is 16.3 Å². The summed E-state index contributed by atoms with van der Waals surface area (Å²) >= 11 is 19.0. The molecule has 0 saturated carbocycles. The van der Waals surface area contributed by atoms with E-state index in [0.29, 0.717) is 27.1 Å². The molecule has 4 aromatic rings. The summed E-state index contributed by atoms with van der Waals surface area (Å²) < 4.78 is 5.95. The van der Waals surface area contributed by atoms with Crippen molar-refractivity contribution in [1.29, 1.82) is 0 Å². The Morgan fingerprint density at radius 1 is 1.06 bits per heavy atom. The zero-order chi connectivity index (χ0) is 25.5. The minimum Gasteiger partial charge on any atom is -0.455 e. The van der Waals surface area contributed by atoms with E-state index in [1.54, 1.807) is 48.2 Å². The van der Waals surface area contributed by atoms with Crippen LogP contribution in [0.25, 0.3) is 11.4 Å². The molecule has 9 nitrogen and oxygen atoms in total. The van der Waals surface area contributed by atoms with Gasteiger partial charge in [-0.1, -0.05) is 47.5 Å². The van der Waals surface area contributed by atoms with Gasteiger partial charge in [-0.3, -0.25) is 15.6 Å². The Hall–Kier alpha value is -3.38. The van der Waals surface area contributed by atoms with E-state index in [4.69, 9.17) is 40.2 Å². The molecule has 4 rings (SSSR count). The van der Waals surface area contributed by atoms with Crippen molar-refractivity contribution in [3.8, 4) is 22.9 Å². The van der Waals surface area contributed by atoms with Crippen LogP contribution in [0.15, 0.2) is 71.6 Å². The number of tetrazole rings is 1. The third-order valence-electron chi connectivity index (χ3n) is 4.65. The second-order valence-corrected chi connectivity index (χ2v) is 9.24. The van der Waals surface area contributed by atoms with Gasteiger partial charge in [-0.25, -0.2) is 0 Å². The number of para-hydroxylation sites is 2. The maximum Gasteiger partial charge on any atom is 0.262 e. The fraction of sp³-hybridized carbons (Fsp3) is 0.0870. The zero-order valence-corrected chi connectivity index (χ0v) is 21.9. The molecular weight excluding hydrogens is 541 g/mol. The van der Waals surface area contributed by atoms with E-state index in [2.05, 4.69) is 31.6 Å². The summed E-state index contributed by atoms with van der Waals surface area (Å²) in [5.74, 6) is 0.756. The summed E-state index contributed by atoms with van der Waals surface area (Å²) in [5, 5.41) is 16.5. The molecule has 0 aliphatic carbocycles. The number of anilines is 1. The molecule has 1 amide bonds. The lowest BCUT2D eigenvalue weighted by molar-refractivity contribution is -0.122. The molecule has 0 saturated heterocycles. The third kappa shape index (κ3) is 6.64. The van der Waals surface area contributed by atoms with E-state index in [9.17, 15) is 4.79 Å². The van der Waals surface area contributed by atoms with Gasteiger partial charge in [0.1, 0.15) is 18.0 Å². The van der Waals surface area contributed by atoms with E-state index in [1.165, 1.54) is 0 Å². The largest absolute Gasteiger partial charge is 0.455 e. The van der Waals surface area contributed by atoms with Crippen LogP contribution in [-0.2, 0) is 11.3 Å². The van der Waals surface area contributed by atoms with E-state index in [0.717, 1.165) is 15.4 Å². The Kier molecular flexibility index (Phi) is 8.60. The Balaban J connectivity index is 1.37. The average Bonchev–Trinajstić information content (AvgIpc) is 3.33. The minimum absolute atomic E-state index is 0.184. The number of ether oxygens (including phenoxy) is 1. The highest BCUT2D eigenvalue weighted by Gasteiger charge is 2.15. The maximum atomic E-state index is 12.4. The number of hydrazine groups is 1. The third-order valence-corrected chi connectivity index (χ3v) is 6.18. The summed E-state index contributed by atoms with van der Waals surface area (Å²) in [6, 6.07) is 19.8. The molecule has 0 atom stereocenters. The van der Waals surface area contributed by atoms with E-state index in [-0.39, 0.29) is 17.5 Å². The van der Waals surface area contributed by atoms with Gasteiger partial charge in [-0.15, -0.1) is 22.0 Å². The number of thioether (sulfide) groups is 1. The van der Waals surface area contributed by atoms with Gasteiger partial charge in [0.25, 0.3) is 5.91 Å². The molecule has 0 unspecified atom stereocenters. The van der Waals surface area contributed by atoms with Crippen LogP contribution < -0.4 is 20.9 Å². The van der Waals surface area contributed by atoms with E-state index in [1.807, 2.05) is 36.6 Å². The molecule has 1 aromatic heterocycles. The Morgan fingerprint density at radius 3 is 2.64 bits per heavy atom. The number of hydrogen-bond acceptors (Lipinski definition) is 7. The predicted molar refractivity (Wildman–Crippen MR) is 146 cm³/mol. The van der Waals surface area contributed by atoms with Crippen LogP contribution >= 0.6 is 47.2 Å². The molecule has 3 aromatic carbocycles. The molecule has 0 aliphatic heterocycles. The highest BCUT2D eigenvalue weighted by molar-refractivity contribution is 7.98. The highest BCUT2D eigenvalue weighted by atomic mass is 35.5. The molecule has 36 heavy (non-hydrogen) atoms. The number of aromatic nitrogens is 4. The molecule has 0 fully saturated rings. The quantitative estimate of drug-likeness (QED) is 0.160. The Labute approximate surface area is 226 Å². The first-order valence-electron chi connectivity index (χ1n) is 10.4. The molecule has 0 radical (unpaired) electrons. The summed E-state index contributed by atoms with van der Waals surface area (Å²) in [7, 11) is 0. The number of amides is 1. The van der Waals surface area contributed by atoms with Crippen molar-refractivity contribution in [2.75, 3.05) is 11.6 Å². The second kappa shape index (κ2) is 12.0. The van der Waals surface area contributed by atoms with E-state index < -0.39 is 5.91 Å². The SMILES string of the molecule is CSc1ccccc1NC(=S)NNC(=O)Cn1nnc(-c2ccccc2Oc2ccc(Cl)cc2Cl)n1. The van der Waals surface area contributed by atoms with Crippen molar-refractivity contribution in [2.24, 2.45) is 0 Å². The first-order chi connectivity index (χ1) is 17.4. The Bertz CT molecular complexity index is 1400. The van der Waals surface area contributed by atoms with Gasteiger partial charge in [0.2, 0.25) is 5.82 Å². The molecule has 0 aliphatic rings. The standard InChI is InChI=1S/C23H19Cl2N7O2S2/c1-36-20-9-5-3-7-17(20)26-23(35)29-27-21(33)13-32-30-22(28-31-32)15-6-2-4-8-18(15)34-19-11-10-14(24)12-16(19)25/h2-12H,13H2,1H3,(H,27,33)(H2,26,29,35). The highest BCUT2D eigenvalue weighted by Crippen LogP contribution is 2.35. The molecule has 1 heterocycles. The van der Waals surface area contributed by atoms with Crippen molar-refractivity contribution in [2.45, 2.75) is 11.4 Å². The smallest absolute Gasteiger partial charge is 0.262 e. The monoisotopic (exact) mass is 559 g/mol. The van der Waals surface area contributed by atoms with Crippen molar-refractivity contribution in [3.05, 3.63) is 76.8 Å². The van der Waals surface area contributed by atoms with Crippen LogP contribution in [0.1, 0.15) is 0 Å². The minimum atomic E-state index is -0.418. The summed E-state index contributed by atoms with van der Waals surface area (Å²) in [6.07, 6.45) is 1.97. The fourth-order valence-electron chi connectivity index (χ4n) is 3.03. The Morgan fingerprint density at radius 2 is 1.83 bits per heavy atom. The maximum absolute atomic E-state index is 12.4. The van der Waals surface area contributed by atoms with Gasteiger partial charge in [0.15, 0.2) is 5.11 Å². The number of rotatable bonds is 7. The number of carbonyl (C=O) groups is 1. The van der Waals surface area contributed by atoms with Gasteiger partial charge in [-0.2, -0.15) is 4.80 Å². The number of halogens is 2. The lowest BCUT2D eigenvalue weighted by Crippen LogP contribution is -2.45. The zero-order valence-electron chi connectivity index (χ0n) is 18.7. The predicted octanol–water partition coefficient (Wildman–Crippen LogP) is 5.18. The van der Waals surface area contributed by atoms with Crippen LogP contribution in [-0.4, -0.2) is 37.5 Å². The number of nitrogens with one attached hydrogen (secondary N) is 3. The van der Waals surface area contributed by atoms with Gasteiger partial charge in [0, 0.05) is 9.92 Å². The molecule has 13 heteroatoms. The lowest BCUT2D eigenvalue weighted by atomic mass is 10.2. The van der Waals surface area contributed by atoms with Crippen molar-refractivity contribution < 1.29 is 9.53 Å². The van der Waals surface area contributed by atoms with Gasteiger partial charge < -0.3 is 10.1 Å². The van der Waals surface area contributed by atoms with Crippen molar-refractivity contribution >= 4 is 63.9 Å². The second-order valence-electron chi connectivity index (χ2n) is 7.14. The molecule has 0 bridgehead atoms. The molecule has 184 valence electrons. The number of carbonyl (C=O) groups excluding carboxylic acids is 1. The fourth-order valence-corrected chi connectivity index (χ4v) is 4.19. The average molecular weight is 560 g/mol. The van der Waals surface area contributed by atoms with Crippen LogP contribution in [0, 0.1) is 0 Å². The van der Waals surface area contributed by atoms with Crippen molar-refractivity contribution in [1.82, 2.24) is 31.1 Å². The number of thiocarbonyl (C=S) groups is 1. The summed E-state index contributed by atoms with van der Waals surface area (Å²) in [5.41, 5.74) is 6.59. The number of hydrogen-bond donors (Lipinski definition) is 3. The first-order valence-corrected chi connectivity index (χ1v) is 12.8.